The van der Waals surface area contributed by atoms with Crippen LogP contribution in [0.15, 0.2) is 24.3 Å². The fourth-order valence-corrected chi connectivity index (χ4v) is 7.31. The van der Waals surface area contributed by atoms with Gasteiger partial charge >= 0.3 is 17.9 Å². The lowest BCUT2D eigenvalue weighted by atomic mass is 10.1. The highest BCUT2D eigenvalue weighted by Crippen LogP contribution is 2.15. The quantitative estimate of drug-likeness (QED) is 0.0263. The molecular formula is C52H96O6. The van der Waals surface area contributed by atoms with E-state index < -0.39 is 6.10 Å². The molecule has 0 saturated heterocycles. The molecule has 0 heterocycles. The normalized spacial score (nSPS) is 11.7. The zero-order chi connectivity index (χ0) is 42.3. The third-order valence-corrected chi connectivity index (χ3v) is 11.2. The SMILES string of the molecule is CCCCCCCC/C=C\CCCCCCCC(=O)OCC(COC(=O)CCCCCCC/C=C\CCCCCCCC)OC(=O)CCCCCCCCCCCC. The van der Waals surface area contributed by atoms with Gasteiger partial charge < -0.3 is 14.2 Å². The van der Waals surface area contributed by atoms with E-state index in [0.717, 1.165) is 70.6 Å². The molecule has 0 unspecified atom stereocenters. The summed E-state index contributed by atoms with van der Waals surface area (Å²) in [5.74, 6) is -0.882. The van der Waals surface area contributed by atoms with E-state index >= 15 is 0 Å². The smallest absolute Gasteiger partial charge is 0.306 e. The van der Waals surface area contributed by atoms with Crippen molar-refractivity contribution in [2.24, 2.45) is 0 Å². The Labute approximate surface area is 360 Å². The fourth-order valence-electron chi connectivity index (χ4n) is 7.31. The van der Waals surface area contributed by atoms with Crippen molar-refractivity contribution in [1.29, 1.82) is 0 Å². The average molecular weight is 817 g/mol. The van der Waals surface area contributed by atoms with Crippen LogP contribution < -0.4 is 0 Å². The zero-order valence-corrected chi connectivity index (χ0v) is 38.8. The first-order valence-corrected chi connectivity index (χ1v) is 25.3. The molecule has 0 aromatic rings. The van der Waals surface area contributed by atoms with Crippen LogP contribution in [0.1, 0.15) is 271 Å². The molecule has 0 aliphatic rings. The molecule has 0 N–H and O–H groups in total. The molecule has 0 fully saturated rings. The van der Waals surface area contributed by atoms with Crippen molar-refractivity contribution < 1.29 is 28.6 Å². The van der Waals surface area contributed by atoms with Crippen LogP contribution in [0, 0.1) is 0 Å². The molecule has 340 valence electrons. The Balaban J connectivity index is 4.33. The molecule has 0 spiro atoms. The summed E-state index contributed by atoms with van der Waals surface area (Å²) in [6, 6.07) is 0. The largest absolute Gasteiger partial charge is 0.462 e. The standard InChI is InChI=1S/C52H96O6/c1-4-7-10-13-16-19-22-24-26-28-30-33-35-38-41-44-50(53)56-47-49(58-52(55)46-43-40-37-32-21-18-15-12-9-6-3)48-57-51(54)45-42-39-36-34-31-29-27-25-23-20-17-14-11-8-5-2/h24-27,49H,4-23,28-48H2,1-3H3/b26-24-,27-25-. The number of hydrogen-bond donors (Lipinski definition) is 0. The van der Waals surface area contributed by atoms with Gasteiger partial charge in [0.25, 0.3) is 0 Å². The van der Waals surface area contributed by atoms with Gasteiger partial charge in [-0.3, -0.25) is 14.4 Å². The van der Waals surface area contributed by atoms with Crippen LogP contribution in [0.25, 0.3) is 0 Å². The van der Waals surface area contributed by atoms with Gasteiger partial charge in [-0.1, -0.05) is 206 Å². The second kappa shape index (κ2) is 47.6. The number of hydrogen-bond acceptors (Lipinski definition) is 6. The van der Waals surface area contributed by atoms with E-state index in [0.29, 0.717) is 19.3 Å². The highest BCUT2D eigenvalue weighted by Gasteiger charge is 2.19. The molecule has 6 nitrogen and oxygen atoms in total. The summed E-state index contributed by atoms with van der Waals surface area (Å²) < 4.78 is 16.8. The Kier molecular flexibility index (Phi) is 45.8. The molecule has 0 aliphatic heterocycles. The van der Waals surface area contributed by atoms with Crippen molar-refractivity contribution in [3.05, 3.63) is 24.3 Å². The molecule has 0 radical (unpaired) electrons. The molecule has 0 atom stereocenters. The minimum absolute atomic E-state index is 0.0750. The maximum Gasteiger partial charge on any atom is 0.306 e. The molecule has 0 bridgehead atoms. The molecule has 0 saturated carbocycles. The minimum Gasteiger partial charge on any atom is -0.462 e. The highest BCUT2D eigenvalue weighted by atomic mass is 16.6. The van der Waals surface area contributed by atoms with Gasteiger partial charge in [0.2, 0.25) is 0 Å². The summed E-state index contributed by atoms with van der Waals surface area (Å²) in [4.78, 5) is 37.8. The molecule has 0 rings (SSSR count). The van der Waals surface area contributed by atoms with Crippen LogP contribution in [-0.2, 0) is 28.6 Å². The van der Waals surface area contributed by atoms with E-state index in [9.17, 15) is 14.4 Å². The Morgan fingerprint density at radius 2 is 0.569 bits per heavy atom. The summed E-state index contributed by atoms with van der Waals surface area (Å²) in [6.45, 7) is 6.62. The van der Waals surface area contributed by atoms with Gasteiger partial charge in [-0.25, -0.2) is 0 Å². The fraction of sp³-hybridized carbons (Fsp3) is 0.865. The van der Waals surface area contributed by atoms with E-state index in [1.54, 1.807) is 0 Å². The van der Waals surface area contributed by atoms with Crippen molar-refractivity contribution in [2.75, 3.05) is 13.2 Å². The maximum absolute atomic E-state index is 12.7. The molecular weight excluding hydrogens is 721 g/mol. The Morgan fingerprint density at radius 3 is 0.862 bits per heavy atom. The average Bonchev–Trinajstić information content (AvgIpc) is 3.22. The van der Waals surface area contributed by atoms with E-state index in [2.05, 4.69) is 45.1 Å². The first-order valence-electron chi connectivity index (χ1n) is 25.3. The molecule has 0 aliphatic carbocycles. The molecule has 0 aromatic heterocycles. The lowest BCUT2D eigenvalue weighted by Gasteiger charge is -2.18. The van der Waals surface area contributed by atoms with Gasteiger partial charge in [-0.05, 0) is 70.6 Å². The molecule has 0 aromatic carbocycles. The number of carbonyl (C=O) groups is 3. The van der Waals surface area contributed by atoms with E-state index in [1.807, 2.05) is 0 Å². The van der Waals surface area contributed by atoms with Crippen molar-refractivity contribution in [3.8, 4) is 0 Å². The first kappa shape index (κ1) is 55.9. The lowest BCUT2D eigenvalue weighted by molar-refractivity contribution is -0.167. The van der Waals surface area contributed by atoms with Crippen molar-refractivity contribution in [2.45, 2.75) is 277 Å². The van der Waals surface area contributed by atoms with Crippen LogP contribution in [0.5, 0.6) is 0 Å². The number of allylic oxidation sites excluding steroid dienone is 4. The predicted molar refractivity (Wildman–Crippen MR) is 247 cm³/mol. The van der Waals surface area contributed by atoms with Crippen LogP contribution in [0.4, 0.5) is 0 Å². The third kappa shape index (κ3) is 45.0. The summed E-state index contributed by atoms with van der Waals surface area (Å²) in [5, 5.41) is 0. The van der Waals surface area contributed by atoms with Gasteiger partial charge in [0.1, 0.15) is 13.2 Å². The number of esters is 3. The summed E-state index contributed by atoms with van der Waals surface area (Å²) in [6.07, 6.45) is 53.0. The summed E-state index contributed by atoms with van der Waals surface area (Å²) in [5.41, 5.74) is 0. The van der Waals surface area contributed by atoms with E-state index in [4.69, 9.17) is 14.2 Å². The van der Waals surface area contributed by atoms with Gasteiger partial charge in [0.05, 0.1) is 0 Å². The predicted octanol–water partition coefficient (Wildman–Crippen LogP) is 16.4. The minimum atomic E-state index is -0.772. The van der Waals surface area contributed by atoms with Crippen LogP contribution >= 0.6 is 0 Å². The van der Waals surface area contributed by atoms with Gasteiger partial charge in [0, 0.05) is 19.3 Å². The van der Waals surface area contributed by atoms with E-state index in [1.165, 1.54) is 161 Å². The second-order valence-corrected chi connectivity index (χ2v) is 17.1. The van der Waals surface area contributed by atoms with Crippen LogP contribution in [-0.4, -0.2) is 37.2 Å². The van der Waals surface area contributed by atoms with Crippen molar-refractivity contribution >= 4 is 17.9 Å². The Hall–Kier alpha value is -2.11. The topological polar surface area (TPSA) is 78.9 Å². The Bertz CT molecular complexity index is 886. The van der Waals surface area contributed by atoms with Gasteiger partial charge in [-0.2, -0.15) is 0 Å². The van der Waals surface area contributed by atoms with Crippen molar-refractivity contribution in [3.63, 3.8) is 0 Å². The van der Waals surface area contributed by atoms with Crippen molar-refractivity contribution in [1.82, 2.24) is 0 Å². The number of carbonyl (C=O) groups excluding carboxylic acids is 3. The second-order valence-electron chi connectivity index (χ2n) is 17.1. The molecule has 6 heteroatoms. The zero-order valence-electron chi connectivity index (χ0n) is 38.8. The highest BCUT2D eigenvalue weighted by molar-refractivity contribution is 5.71. The van der Waals surface area contributed by atoms with Crippen LogP contribution in [0.3, 0.4) is 0 Å². The summed E-state index contributed by atoms with van der Waals surface area (Å²) >= 11 is 0. The van der Waals surface area contributed by atoms with Gasteiger partial charge in [0.15, 0.2) is 6.10 Å². The monoisotopic (exact) mass is 817 g/mol. The third-order valence-electron chi connectivity index (χ3n) is 11.2. The number of ether oxygens (including phenoxy) is 3. The Morgan fingerprint density at radius 1 is 0.328 bits per heavy atom. The maximum atomic E-state index is 12.7. The number of unbranched alkanes of at least 4 members (excludes halogenated alkanes) is 31. The molecule has 0 amide bonds. The lowest BCUT2D eigenvalue weighted by Crippen LogP contribution is -2.30. The van der Waals surface area contributed by atoms with Crippen LogP contribution in [0.2, 0.25) is 0 Å². The molecule has 58 heavy (non-hydrogen) atoms. The number of rotatable bonds is 46. The van der Waals surface area contributed by atoms with Gasteiger partial charge in [-0.15, -0.1) is 0 Å². The first-order chi connectivity index (χ1) is 28.5. The van der Waals surface area contributed by atoms with E-state index in [-0.39, 0.29) is 31.1 Å². The summed E-state index contributed by atoms with van der Waals surface area (Å²) in [7, 11) is 0.